The van der Waals surface area contributed by atoms with E-state index in [1.54, 1.807) is 5.57 Å². The first-order valence-electron chi connectivity index (χ1n) is 10.6. The Morgan fingerprint density at radius 3 is 2.44 bits per heavy atom. The van der Waals surface area contributed by atoms with E-state index in [1.807, 2.05) is 0 Å². The molecule has 5 aliphatic rings. The Labute approximate surface area is 151 Å². The van der Waals surface area contributed by atoms with Crippen LogP contribution in [0.4, 0.5) is 0 Å². The number of aliphatic hydroxyl groups excluding tert-OH is 2. The van der Waals surface area contributed by atoms with Gasteiger partial charge >= 0.3 is 0 Å². The van der Waals surface area contributed by atoms with Crippen molar-refractivity contribution in [3.8, 4) is 0 Å². The predicted octanol–water partition coefficient (Wildman–Crippen LogP) is 4.18. The summed E-state index contributed by atoms with van der Waals surface area (Å²) in [6.45, 7) is 4.97. The van der Waals surface area contributed by atoms with Gasteiger partial charge in [-0.2, -0.15) is 0 Å². The third-order valence-electron chi connectivity index (χ3n) is 9.54. The van der Waals surface area contributed by atoms with Crippen LogP contribution in [-0.4, -0.2) is 28.2 Å². The molecule has 0 aromatic carbocycles. The Kier molecular flexibility index (Phi) is 3.57. The number of hydrogen-bond acceptors (Lipinski definition) is 3. The van der Waals surface area contributed by atoms with Crippen molar-refractivity contribution in [3.05, 3.63) is 11.6 Å². The third kappa shape index (κ3) is 2.09. The second kappa shape index (κ2) is 5.33. The third-order valence-corrected chi connectivity index (χ3v) is 9.54. The fraction of sp³-hybridized carbons (Fsp3) is 0.909. The van der Waals surface area contributed by atoms with Crippen LogP contribution in [0.25, 0.3) is 0 Å². The number of hydrogen-bond donors (Lipinski definition) is 2. The van der Waals surface area contributed by atoms with Gasteiger partial charge < -0.3 is 14.9 Å². The molecule has 5 rings (SSSR count). The Morgan fingerprint density at radius 2 is 1.68 bits per heavy atom. The van der Waals surface area contributed by atoms with Crippen molar-refractivity contribution in [1.82, 2.24) is 0 Å². The van der Waals surface area contributed by atoms with Crippen LogP contribution < -0.4 is 0 Å². The van der Waals surface area contributed by atoms with Crippen molar-refractivity contribution in [2.75, 3.05) is 0 Å². The molecule has 1 saturated heterocycles. The van der Waals surface area contributed by atoms with E-state index >= 15 is 0 Å². The molecule has 1 spiro atoms. The van der Waals surface area contributed by atoms with Gasteiger partial charge in [-0.25, -0.2) is 0 Å². The zero-order chi connectivity index (χ0) is 17.4. The van der Waals surface area contributed by atoms with Crippen molar-refractivity contribution in [3.63, 3.8) is 0 Å². The first-order valence-corrected chi connectivity index (χ1v) is 10.6. The Bertz CT molecular complexity index is 600. The van der Waals surface area contributed by atoms with Crippen LogP contribution >= 0.6 is 0 Å². The highest BCUT2D eigenvalue weighted by Crippen LogP contribution is 2.69. The van der Waals surface area contributed by atoms with Crippen molar-refractivity contribution >= 4 is 0 Å². The van der Waals surface area contributed by atoms with E-state index in [1.165, 1.54) is 32.1 Å². The minimum atomic E-state index is -0.536. The number of allylic oxidation sites excluding steroid dienone is 1. The first kappa shape index (κ1) is 16.8. The van der Waals surface area contributed by atoms with Crippen molar-refractivity contribution in [1.29, 1.82) is 0 Å². The molecule has 140 valence electrons. The van der Waals surface area contributed by atoms with Gasteiger partial charge in [-0.15, -0.1) is 0 Å². The lowest BCUT2D eigenvalue weighted by atomic mass is 9.46. The molecule has 1 aliphatic heterocycles. The van der Waals surface area contributed by atoms with Gasteiger partial charge in [-0.1, -0.05) is 25.5 Å². The number of rotatable bonds is 0. The summed E-state index contributed by atoms with van der Waals surface area (Å²) in [6, 6.07) is 0. The van der Waals surface area contributed by atoms with Crippen LogP contribution in [0, 0.1) is 28.6 Å². The highest BCUT2D eigenvalue weighted by Gasteiger charge is 2.66. The molecule has 0 amide bonds. The molecule has 0 aromatic rings. The Morgan fingerprint density at radius 1 is 0.920 bits per heavy atom. The van der Waals surface area contributed by atoms with E-state index in [-0.39, 0.29) is 17.1 Å². The van der Waals surface area contributed by atoms with Crippen LogP contribution in [0.15, 0.2) is 11.6 Å². The molecule has 0 unspecified atom stereocenters. The summed E-state index contributed by atoms with van der Waals surface area (Å²) in [6.07, 6.45) is 12.8. The lowest BCUT2D eigenvalue weighted by Crippen LogP contribution is -2.54. The van der Waals surface area contributed by atoms with Crippen molar-refractivity contribution in [2.24, 2.45) is 28.6 Å². The van der Waals surface area contributed by atoms with Gasteiger partial charge in [-0.3, -0.25) is 0 Å². The van der Waals surface area contributed by atoms with Gasteiger partial charge in [0.15, 0.2) is 6.29 Å². The molecule has 4 fully saturated rings. The molecule has 4 aliphatic carbocycles. The zero-order valence-electron chi connectivity index (χ0n) is 15.8. The number of aliphatic hydroxyl groups is 2. The van der Waals surface area contributed by atoms with Crippen LogP contribution in [0.5, 0.6) is 0 Å². The van der Waals surface area contributed by atoms with E-state index in [4.69, 9.17) is 4.74 Å². The lowest BCUT2D eigenvalue weighted by molar-refractivity contribution is -0.195. The average Bonchev–Trinajstić information content (AvgIpc) is 3.10. The maximum atomic E-state index is 10.1. The maximum Gasteiger partial charge on any atom is 0.155 e. The van der Waals surface area contributed by atoms with E-state index in [0.29, 0.717) is 5.41 Å². The average molecular weight is 347 g/mol. The van der Waals surface area contributed by atoms with Crippen molar-refractivity contribution < 1.29 is 14.9 Å². The van der Waals surface area contributed by atoms with E-state index < -0.39 is 6.29 Å². The second-order valence-corrected chi connectivity index (χ2v) is 10.2. The summed E-state index contributed by atoms with van der Waals surface area (Å²) in [7, 11) is 0. The normalized spacial score (nSPS) is 57.8. The zero-order valence-corrected chi connectivity index (χ0v) is 15.8. The smallest absolute Gasteiger partial charge is 0.155 e. The summed E-state index contributed by atoms with van der Waals surface area (Å²) >= 11 is 0. The SMILES string of the molecule is C[C@]12CC[C@@H](O)C=C1CC[C@@H]1[C@@H]2CC[C@@]2(C)[C@H]1CC[C@@]21CC[C@@H](O)O1. The molecule has 1 heterocycles. The highest BCUT2D eigenvalue weighted by atomic mass is 16.6. The topological polar surface area (TPSA) is 49.7 Å². The van der Waals surface area contributed by atoms with Gasteiger partial charge in [0.25, 0.3) is 0 Å². The van der Waals surface area contributed by atoms with E-state index in [9.17, 15) is 10.2 Å². The molecule has 0 radical (unpaired) electrons. The number of ether oxygens (including phenoxy) is 1. The van der Waals surface area contributed by atoms with Crippen LogP contribution in [0.3, 0.4) is 0 Å². The van der Waals surface area contributed by atoms with Gasteiger partial charge in [-0.05, 0) is 86.4 Å². The largest absolute Gasteiger partial charge is 0.389 e. The Hall–Kier alpha value is -0.380. The molecule has 0 bridgehead atoms. The van der Waals surface area contributed by atoms with Crippen LogP contribution in [-0.2, 0) is 4.74 Å². The molecule has 0 aromatic heterocycles. The second-order valence-electron chi connectivity index (χ2n) is 10.2. The molecule has 3 saturated carbocycles. The predicted molar refractivity (Wildman–Crippen MR) is 96.8 cm³/mol. The monoisotopic (exact) mass is 346 g/mol. The summed E-state index contributed by atoms with van der Waals surface area (Å²) in [4.78, 5) is 0. The molecular weight excluding hydrogens is 312 g/mol. The molecule has 25 heavy (non-hydrogen) atoms. The Balaban J connectivity index is 1.47. The summed E-state index contributed by atoms with van der Waals surface area (Å²) < 4.78 is 6.22. The van der Waals surface area contributed by atoms with Crippen molar-refractivity contribution in [2.45, 2.75) is 96.1 Å². The van der Waals surface area contributed by atoms with E-state index in [2.05, 4.69) is 19.9 Å². The first-order chi connectivity index (χ1) is 11.9. The molecular formula is C22H34O3. The van der Waals surface area contributed by atoms with E-state index in [0.717, 1.165) is 49.9 Å². The quantitative estimate of drug-likeness (QED) is 0.647. The number of fused-ring (bicyclic) bond motifs is 6. The van der Waals surface area contributed by atoms with Crippen LogP contribution in [0.2, 0.25) is 0 Å². The minimum Gasteiger partial charge on any atom is -0.389 e. The molecule has 3 nitrogen and oxygen atoms in total. The fourth-order valence-corrected chi connectivity index (χ4v) is 8.14. The summed E-state index contributed by atoms with van der Waals surface area (Å²) in [5.41, 5.74) is 2.06. The van der Waals surface area contributed by atoms with Gasteiger partial charge in [0.05, 0.1) is 11.7 Å². The standard InChI is InChI=1S/C22H34O3/c1-20-9-5-15(23)13-14(20)3-4-16-17(20)6-10-21(2)18(16)7-11-22(21)12-8-19(24)25-22/h13,15-19,23-24H,3-12H2,1-2H3/t15-,16-,17+,18+,19+,20+,21+,22-/m1/s1. The molecule has 8 atom stereocenters. The summed E-state index contributed by atoms with van der Waals surface area (Å²) in [5.74, 6) is 2.33. The van der Waals surface area contributed by atoms with Gasteiger partial charge in [0, 0.05) is 6.42 Å². The van der Waals surface area contributed by atoms with Gasteiger partial charge in [0.2, 0.25) is 0 Å². The fourth-order valence-electron chi connectivity index (χ4n) is 8.14. The maximum absolute atomic E-state index is 10.1. The molecule has 3 heteroatoms. The minimum absolute atomic E-state index is 0.0537. The molecule has 2 N–H and O–H groups in total. The van der Waals surface area contributed by atoms with Gasteiger partial charge in [0.1, 0.15) is 0 Å². The summed E-state index contributed by atoms with van der Waals surface area (Å²) in [5, 5.41) is 20.2. The lowest BCUT2D eigenvalue weighted by Gasteiger charge is -2.59. The highest BCUT2D eigenvalue weighted by molar-refractivity contribution is 5.26. The van der Waals surface area contributed by atoms with Crippen LogP contribution in [0.1, 0.15) is 78.1 Å².